The third-order valence-electron chi connectivity index (χ3n) is 3.70. The number of para-hydroxylation sites is 3. The van der Waals surface area contributed by atoms with Crippen LogP contribution in [0.4, 0.5) is 16.2 Å². The van der Waals surface area contributed by atoms with Crippen LogP contribution in [0.25, 0.3) is 17.0 Å². The van der Waals surface area contributed by atoms with Gasteiger partial charge in [-0.3, -0.25) is 4.79 Å². The van der Waals surface area contributed by atoms with Crippen molar-refractivity contribution < 1.29 is 14.0 Å². The number of benzene rings is 2. The van der Waals surface area contributed by atoms with E-state index in [9.17, 15) is 9.59 Å². The molecule has 0 bridgehead atoms. The first-order valence-electron chi connectivity index (χ1n) is 8.65. The van der Waals surface area contributed by atoms with Crippen LogP contribution in [0.3, 0.4) is 0 Å². The van der Waals surface area contributed by atoms with Crippen molar-refractivity contribution in [1.82, 2.24) is 5.32 Å². The summed E-state index contributed by atoms with van der Waals surface area (Å²) in [6, 6.07) is 16.2. The predicted octanol–water partition coefficient (Wildman–Crippen LogP) is 4.61. The molecule has 3 amide bonds. The smallest absolute Gasteiger partial charge is 0.319 e. The minimum Gasteiger partial charge on any atom is -0.457 e. The molecule has 3 rings (SSSR count). The molecule has 0 spiro atoms. The molecule has 6 nitrogen and oxygen atoms in total. The number of nitrogens with one attached hydrogen (secondary N) is 3. The Kier molecular flexibility index (Phi) is 5.56. The zero-order chi connectivity index (χ0) is 19.2. The maximum atomic E-state index is 12.2. The first-order valence-corrected chi connectivity index (χ1v) is 8.65. The van der Waals surface area contributed by atoms with Crippen molar-refractivity contribution in [2.75, 3.05) is 10.6 Å². The number of hydrogen-bond donors (Lipinski definition) is 3. The number of anilines is 2. The van der Waals surface area contributed by atoms with Crippen LogP contribution in [0, 0.1) is 0 Å². The molecule has 0 radical (unpaired) electrons. The minimum absolute atomic E-state index is 0.0125. The van der Waals surface area contributed by atoms with Gasteiger partial charge < -0.3 is 20.4 Å². The van der Waals surface area contributed by atoms with E-state index in [1.807, 2.05) is 44.2 Å². The van der Waals surface area contributed by atoms with E-state index in [2.05, 4.69) is 16.0 Å². The minimum atomic E-state index is -0.329. The zero-order valence-electron chi connectivity index (χ0n) is 15.2. The highest BCUT2D eigenvalue weighted by Crippen LogP contribution is 2.22. The van der Waals surface area contributed by atoms with Crippen molar-refractivity contribution in [1.29, 1.82) is 0 Å². The fourth-order valence-electron chi connectivity index (χ4n) is 2.54. The van der Waals surface area contributed by atoms with Gasteiger partial charge in [0.05, 0.1) is 11.4 Å². The van der Waals surface area contributed by atoms with E-state index in [4.69, 9.17) is 4.42 Å². The molecule has 0 unspecified atom stereocenters. The quantitative estimate of drug-likeness (QED) is 0.579. The van der Waals surface area contributed by atoms with E-state index in [1.165, 1.54) is 6.08 Å². The van der Waals surface area contributed by atoms with Crippen molar-refractivity contribution in [3.63, 3.8) is 0 Å². The fraction of sp³-hybridized carbons (Fsp3) is 0.143. The van der Waals surface area contributed by atoms with Crippen molar-refractivity contribution in [2.24, 2.45) is 0 Å². The number of amides is 3. The van der Waals surface area contributed by atoms with Gasteiger partial charge in [-0.05, 0) is 44.2 Å². The molecule has 6 heteroatoms. The summed E-state index contributed by atoms with van der Waals surface area (Å²) in [5.41, 5.74) is 1.79. The number of rotatable bonds is 5. The molecule has 0 aliphatic carbocycles. The van der Waals surface area contributed by atoms with E-state index in [0.29, 0.717) is 17.1 Å². The zero-order valence-corrected chi connectivity index (χ0v) is 15.2. The fourth-order valence-corrected chi connectivity index (χ4v) is 2.54. The van der Waals surface area contributed by atoms with E-state index >= 15 is 0 Å². The maximum Gasteiger partial charge on any atom is 0.319 e. The van der Waals surface area contributed by atoms with Crippen LogP contribution < -0.4 is 16.0 Å². The molecule has 27 heavy (non-hydrogen) atoms. The number of hydrogen-bond acceptors (Lipinski definition) is 3. The topological polar surface area (TPSA) is 83.4 Å². The van der Waals surface area contributed by atoms with Gasteiger partial charge in [0, 0.05) is 17.5 Å². The van der Waals surface area contributed by atoms with E-state index in [0.717, 1.165) is 11.0 Å². The second kappa shape index (κ2) is 8.23. The molecule has 0 saturated heterocycles. The molecule has 138 valence electrons. The molecule has 3 aromatic rings. The summed E-state index contributed by atoms with van der Waals surface area (Å²) in [6.45, 7) is 3.74. The van der Waals surface area contributed by atoms with Gasteiger partial charge in [-0.2, -0.15) is 0 Å². The Hall–Kier alpha value is -3.54. The molecule has 1 aromatic heterocycles. The Labute approximate surface area is 157 Å². The highest BCUT2D eigenvalue weighted by atomic mass is 16.3. The Morgan fingerprint density at radius 3 is 2.33 bits per heavy atom. The van der Waals surface area contributed by atoms with Gasteiger partial charge in [0.15, 0.2) is 0 Å². The second-order valence-corrected chi connectivity index (χ2v) is 6.31. The monoisotopic (exact) mass is 363 g/mol. The van der Waals surface area contributed by atoms with Gasteiger partial charge in [0.25, 0.3) is 0 Å². The van der Waals surface area contributed by atoms with Crippen LogP contribution in [0.5, 0.6) is 0 Å². The summed E-state index contributed by atoms with van der Waals surface area (Å²) < 4.78 is 5.65. The van der Waals surface area contributed by atoms with Crippen LogP contribution in [-0.4, -0.2) is 18.0 Å². The molecule has 2 aromatic carbocycles. The molecule has 0 fully saturated rings. The lowest BCUT2D eigenvalue weighted by Gasteiger charge is -2.13. The molecular weight excluding hydrogens is 342 g/mol. The van der Waals surface area contributed by atoms with Crippen molar-refractivity contribution in [3.8, 4) is 0 Å². The lowest BCUT2D eigenvalue weighted by atomic mass is 10.2. The lowest BCUT2D eigenvalue weighted by Crippen LogP contribution is -2.34. The van der Waals surface area contributed by atoms with Gasteiger partial charge in [-0.25, -0.2) is 4.79 Å². The van der Waals surface area contributed by atoms with Gasteiger partial charge in [-0.1, -0.05) is 30.3 Å². The summed E-state index contributed by atoms with van der Waals surface area (Å²) >= 11 is 0. The van der Waals surface area contributed by atoms with Gasteiger partial charge in [0.1, 0.15) is 11.3 Å². The van der Waals surface area contributed by atoms with Crippen LogP contribution >= 0.6 is 0 Å². The Bertz CT molecular complexity index is 956. The van der Waals surface area contributed by atoms with Crippen molar-refractivity contribution >= 4 is 40.4 Å². The summed E-state index contributed by atoms with van der Waals surface area (Å²) in [6.07, 6.45) is 3.00. The predicted molar refractivity (Wildman–Crippen MR) is 108 cm³/mol. The van der Waals surface area contributed by atoms with Crippen LogP contribution in [0.15, 0.2) is 65.1 Å². The van der Waals surface area contributed by atoms with Gasteiger partial charge in [-0.15, -0.1) is 0 Å². The van der Waals surface area contributed by atoms with Crippen LogP contribution in [-0.2, 0) is 4.79 Å². The first kappa shape index (κ1) is 18.3. The third-order valence-corrected chi connectivity index (χ3v) is 3.70. The number of urea groups is 1. The first-order chi connectivity index (χ1) is 13.0. The maximum absolute atomic E-state index is 12.2. The summed E-state index contributed by atoms with van der Waals surface area (Å²) in [5, 5.41) is 9.21. The molecule has 1 heterocycles. The number of fused-ring (bicyclic) bond motifs is 1. The Balaban J connectivity index is 1.67. The molecule has 0 aliphatic rings. The number of carbonyl (C=O) groups is 2. The van der Waals surface area contributed by atoms with E-state index in [1.54, 1.807) is 30.3 Å². The standard InChI is InChI=1S/C21H21N3O3/c1-14(2)22-21(26)24-18-9-5-4-8-17(18)23-20(25)12-11-16-13-15-7-3-6-10-19(15)27-16/h3-14H,1-2H3,(H,23,25)(H2,22,24,26)/b12-11+. The molecule has 0 atom stereocenters. The number of furan rings is 1. The average Bonchev–Trinajstić information content (AvgIpc) is 3.04. The average molecular weight is 363 g/mol. The molecular formula is C21H21N3O3. The van der Waals surface area contributed by atoms with Gasteiger partial charge >= 0.3 is 6.03 Å². The Morgan fingerprint density at radius 1 is 0.963 bits per heavy atom. The lowest BCUT2D eigenvalue weighted by molar-refractivity contribution is -0.111. The second-order valence-electron chi connectivity index (χ2n) is 6.31. The summed E-state index contributed by atoms with van der Waals surface area (Å²) in [4.78, 5) is 24.1. The van der Waals surface area contributed by atoms with Crippen molar-refractivity contribution in [3.05, 3.63) is 66.4 Å². The molecule has 0 aliphatic heterocycles. The normalized spacial score (nSPS) is 11.1. The highest BCUT2D eigenvalue weighted by Gasteiger charge is 2.09. The largest absolute Gasteiger partial charge is 0.457 e. The van der Waals surface area contributed by atoms with E-state index < -0.39 is 0 Å². The highest BCUT2D eigenvalue weighted by molar-refractivity contribution is 6.05. The van der Waals surface area contributed by atoms with Gasteiger partial charge in [0.2, 0.25) is 5.91 Å². The number of carbonyl (C=O) groups excluding carboxylic acids is 2. The SMILES string of the molecule is CC(C)NC(=O)Nc1ccccc1NC(=O)/C=C/c1cc2ccccc2o1. The van der Waals surface area contributed by atoms with Crippen molar-refractivity contribution in [2.45, 2.75) is 19.9 Å². The third kappa shape index (κ3) is 4.98. The molecule has 0 saturated carbocycles. The van der Waals surface area contributed by atoms with Crippen LogP contribution in [0.1, 0.15) is 19.6 Å². The summed E-state index contributed by atoms with van der Waals surface area (Å²) in [5.74, 6) is 0.267. The van der Waals surface area contributed by atoms with E-state index in [-0.39, 0.29) is 18.0 Å². The van der Waals surface area contributed by atoms with Crippen LogP contribution in [0.2, 0.25) is 0 Å². The summed E-state index contributed by atoms with van der Waals surface area (Å²) in [7, 11) is 0. The Morgan fingerprint density at radius 2 is 1.63 bits per heavy atom. The molecule has 3 N–H and O–H groups in total.